The average Bonchev–Trinajstić information content (AvgIpc) is 2.96. The maximum Gasteiger partial charge on any atom is 0.259 e. The van der Waals surface area contributed by atoms with Crippen molar-refractivity contribution >= 4 is 22.4 Å². The van der Waals surface area contributed by atoms with E-state index in [1.54, 1.807) is 0 Å². The Hall–Kier alpha value is -3.40. The zero-order chi connectivity index (χ0) is 18.4. The molecule has 0 unspecified atom stereocenters. The molecule has 0 saturated carbocycles. The van der Waals surface area contributed by atoms with Crippen LogP contribution >= 0.6 is 0 Å². The molecule has 1 aliphatic heterocycles. The SMILES string of the molecule is Cn1ncc2c1Cc1ccccc1N(C(=O)c1cccc3ccccc13)C2. The van der Waals surface area contributed by atoms with Gasteiger partial charge in [-0.05, 0) is 28.5 Å². The minimum atomic E-state index is 0.0240. The highest BCUT2D eigenvalue weighted by atomic mass is 16.2. The summed E-state index contributed by atoms with van der Waals surface area (Å²) in [6, 6.07) is 22.1. The highest BCUT2D eigenvalue weighted by Crippen LogP contribution is 2.32. The largest absolute Gasteiger partial charge is 0.304 e. The van der Waals surface area contributed by atoms with Gasteiger partial charge in [0.15, 0.2) is 0 Å². The molecule has 4 heteroatoms. The molecule has 3 aromatic carbocycles. The molecule has 0 fully saturated rings. The third-order valence-corrected chi connectivity index (χ3v) is 5.38. The molecule has 1 aromatic heterocycles. The van der Waals surface area contributed by atoms with Crippen molar-refractivity contribution in [2.75, 3.05) is 4.90 Å². The van der Waals surface area contributed by atoms with Crippen LogP contribution in [0.4, 0.5) is 5.69 Å². The van der Waals surface area contributed by atoms with Crippen LogP contribution < -0.4 is 4.90 Å². The van der Waals surface area contributed by atoms with Gasteiger partial charge in [-0.15, -0.1) is 0 Å². The lowest BCUT2D eigenvalue weighted by Gasteiger charge is -2.23. The Kier molecular flexibility index (Phi) is 3.57. The minimum Gasteiger partial charge on any atom is -0.304 e. The van der Waals surface area contributed by atoms with Crippen LogP contribution in [0.3, 0.4) is 0 Å². The predicted molar refractivity (Wildman–Crippen MR) is 107 cm³/mol. The Morgan fingerprint density at radius 3 is 2.63 bits per heavy atom. The lowest BCUT2D eigenvalue weighted by molar-refractivity contribution is 0.0987. The number of anilines is 1. The quantitative estimate of drug-likeness (QED) is 0.511. The Morgan fingerprint density at radius 2 is 1.70 bits per heavy atom. The standard InChI is InChI=1S/C23H19N3O/c1-25-22-13-17-8-3-5-12-21(17)26(15-18(22)14-24-25)23(27)20-11-6-9-16-7-2-4-10-19(16)20/h2-12,14H,13,15H2,1H3. The molecule has 1 aliphatic rings. The molecule has 27 heavy (non-hydrogen) atoms. The lowest BCUT2D eigenvalue weighted by atomic mass is 10.0. The van der Waals surface area contributed by atoms with E-state index in [4.69, 9.17) is 0 Å². The number of para-hydroxylation sites is 1. The van der Waals surface area contributed by atoms with Gasteiger partial charge in [-0.1, -0.05) is 54.6 Å². The Balaban J connectivity index is 1.68. The normalized spacial score (nSPS) is 13.1. The molecule has 0 N–H and O–H groups in total. The number of carbonyl (C=O) groups is 1. The van der Waals surface area contributed by atoms with Crippen molar-refractivity contribution in [2.45, 2.75) is 13.0 Å². The van der Waals surface area contributed by atoms with E-state index in [1.165, 1.54) is 0 Å². The highest BCUT2D eigenvalue weighted by Gasteiger charge is 2.27. The molecule has 4 aromatic rings. The number of hydrogen-bond donors (Lipinski definition) is 0. The number of benzene rings is 3. The second-order valence-corrected chi connectivity index (χ2v) is 6.96. The van der Waals surface area contributed by atoms with Crippen molar-refractivity contribution in [3.63, 3.8) is 0 Å². The minimum absolute atomic E-state index is 0.0240. The number of carbonyl (C=O) groups excluding carboxylic acids is 1. The van der Waals surface area contributed by atoms with E-state index in [0.29, 0.717) is 6.54 Å². The predicted octanol–water partition coefficient (Wildman–Crippen LogP) is 4.32. The number of fused-ring (bicyclic) bond motifs is 3. The maximum atomic E-state index is 13.6. The van der Waals surface area contributed by atoms with E-state index < -0.39 is 0 Å². The van der Waals surface area contributed by atoms with Gasteiger partial charge in [0.25, 0.3) is 5.91 Å². The summed E-state index contributed by atoms with van der Waals surface area (Å²) >= 11 is 0. The first-order valence-electron chi connectivity index (χ1n) is 9.09. The molecule has 132 valence electrons. The van der Waals surface area contributed by atoms with Gasteiger partial charge in [-0.3, -0.25) is 9.48 Å². The fourth-order valence-corrected chi connectivity index (χ4v) is 3.97. The monoisotopic (exact) mass is 353 g/mol. The molecule has 1 amide bonds. The number of aryl methyl sites for hydroxylation is 1. The van der Waals surface area contributed by atoms with Gasteiger partial charge >= 0.3 is 0 Å². The van der Waals surface area contributed by atoms with Gasteiger partial charge < -0.3 is 4.90 Å². The second-order valence-electron chi connectivity index (χ2n) is 6.96. The molecule has 0 radical (unpaired) electrons. The molecule has 0 saturated heterocycles. The zero-order valence-corrected chi connectivity index (χ0v) is 15.1. The summed E-state index contributed by atoms with van der Waals surface area (Å²) in [6.45, 7) is 0.530. The molecule has 2 heterocycles. The van der Waals surface area contributed by atoms with Crippen molar-refractivity contribution in [1.29, 1.82) is 0 Å². The van der Waals surface area contributed by atoms with E-state index in [0.717, 1.165) is 45.3 Å². The second kappa shape index (κ2) is 6.09. The Morgan fingerprint density at radius 1 is 0.926 bits per heavy atom. The van der Waals surface area contributed by atoms with E-state index >= 15 is 0 Å². The highest BCUT2D eigenvalue weighted by molar-refractivity contribution is 6.14. The van der Waals surface area contributed by atoms with Gasteiger partial charge in [0, 0.05) is 36.0 Å². The fraction of sp³-hybridized carbons (Fsp3) is 0.130. The molecule has 0 spiro atoms. The summed E-state index contributed by atoms with van der Waals surface area (Å²) in [7, 11) is 1.96. The van der Waals surface area contributed by atoms with Crippen LogP contribution in [0.5, 0.6) is 0 Å². The smallest absolute Gasteiger partial charge is 0.259 e. The van der Waals surface area contributed by atoms with Crippen LogP contribution in [0, 0.1) is 0 Å². The summed E-state index contributed by atoms with van der Waals surface area (Å²) in [5, 5.41) is 6.47. The number of hydrogen-bond acceptors (Lipinski definition) is 2. The summed E-state index contributed by atoms with van der Waals surface area (Å²) in [6.07, 6.45) is 2.66. The fourth-order valence-electron chi connectivity index (χ4n) is 3.97. The van der Waals surface area contributed by atoms with Crippen LogP contribution in [0.25, 0.3) is 10.8 Å². The van der Waals surface area contributed by atoms with Crippen LogP contribution in [0.15, 0.2) is 72.9 Å². The van der Waals surface area contributed by atoms with Crippen molar-refractivity contribution in [2.24, 2.45) is 7.05 Å². The average molecular weight is 353 g/mol. The van der Waals surface area contributed by atoms with E-state index in [2.05, 4.69) is 11.2 Å². The molecule has 0 bridgehead atoms. The molecular weight excluding hydrogens is 334 g/mol. The molecular formula is C23H19N3O. The van der Waals surface area contributed by atoms with E-state index in [-0.39, 0.29) is 5.91 Å². The van der Waals surface area contributed by atoms with Crippen LogP contribution in [0.1, 0.15) is 27.2 Å². The van der Waals surface area contributed by atoms with E-state index in [1.807, 2.05) is 83.5 Å². The summed E-state index contributed by atoms with van der Waals surface area (Å²) in [5.74, 6) is 0.0240. The summed E-state index contributed by atoms with van der Waals surface area (Å²) in [5.41, 5.74) is 5.12. The van der Waals surface area contributed by atoms with Gasteiger partial charge in [0.1, 0.15) is 0 Å². The first-order valence-corrected chi connectivity index (χ1v) is 9.09. The van der Waals surface area contributed by atoms with Crippen LogP contribution in [-0.2, 0) is 20.0 Å². The number of rotatable bonds is 1. The summed E-state index contributed by atoms with van der Waals surface area (Å²) in [4.78, 5) is 15.5. The molecule has 0 aliphatic carbocycles. The molecule has 4 nitrogen and oxygen atoms in total. The summed E-state index contributed by atoms with van der Waals surface area (Å²) < 4.78 is 1.91. The van der Waals surface area contributed by atoms with Gasteiger partial charge in [-0.2, -0.15) is 5.10 Å². The Bertz CT molecular complexity index is 1170. The number of nitrogens with zero attached hydrogens (tertiary/aromatic N) is 3. The van der Waals surface area contributed by atoms with Crippen molar-refractivity contribution in [1.82, 2.24) is 9.78 Å². The third-order valence-electron chi connectivity index (χ3n) is 5.38. The number of aromatic nitrogens is 2. The van der Waals surface area contributed by atoms with Crippen LogP contribution in [-0.4, -0.2) is 15.7 Å². The molecule has 5 rings (SSSR count). The van der Waals surface area contributed by atoms with Crippen molar-refractivity contribution in [3.05, 3.63) is 95.3 Å². The number of amides is 1. The molecule has 0 atom stereocenters. The zero-order valence-electron chi connectivity index (χ0n) is 15.1. The maximum absolute atomic E-state index is 13.6. The van der Waals surface area contributed by atoms with Crippen molar-refractivity contribution < 1.29 is 4.79 Å². The van der Waals surface area contributed by atoms with Gasteiger partial charge in [0.2, 0.25) is 0 Å². The van der Waals surface area contributed by atoms with Gasteiger partial charge in [0.05, 0.1) is 12.7 Å². The van der Waals surface area contributed by atoms with Crippen LogP contribution in [0.2, 0.25) is 0 Å². The lowest BCUT2D eigenvalue weighted by Crippen LogP contribution is -2.30. The first kappa shape index (κ1) is 15.8. The first-order chi connectivity index (χ1) is 13.2. The third kappa shape index (κ3) is 2.53. The topological polar surface area (TPSA) is 38.1 Å². The Labute approximate surface area is 157 Å². The van der Waals surface area contributed by atoms with Crippen molar-refractivity contribution in [3.8, 4) is 0 Å². The van der Waals surface area contributed by atoms with Gasteiger partial charge in [-0.25, -0.2) is 0 Å². The van der Waals surface area contributed by atoms with E-state index in [9.17, 15) is 4.79 Å².